The predicted molar refractivity (Wildman–Crippen MR) is 142 cm³/mol. The van der Waals surface area contributed by atoms with Gasteiger partial charge in [0.2, 0.25) is 0 Å². The van der Waals surface area contributed by atoms with Crippen molar-refractivity contribution in [2.75, 3.05) is 4.90 Å². The molecule has 0 spiro atoms. The fraction of sp³-hybridized carbons (Fsp3) is 0.250. The van der Waals surface area contributed by atoms with Crippen molar-refractivity contribution in [2.24, 2.45) is 0 Å². The summed E-state index contributed by atoms with van der Waals surface area (Å²) in [6, 6.07) is 21.0. The molecule has 0 saturated carbocycles. The lowest BCUT2D eigenvalue weighted by Crippen LogP contribution is -2.29. The Morgan fingerprint density at radius 3 is 2.38 bits per heavy atom. The molecular weight excluding hydrogens is 438 g/mol. The van der Waals surface area contributed by atoms with Crippen LogP contribution in [0, 0.1) is 13.8 Å². The summed E-state index contributed by atoms with van der Waals surface area (Å²) in [5, 5.41) is 4.29. The van der Waals surface area contributed by atoms with Crippen molar-refractivity contribution in [2.45, 2.75) is 45.7 Å². The lowest BCUT2D eigenvalue weighted by Gasteiger charge is -2.28. The first-order valence-corrected chi connectivity index (χ1v) is 12.1. The number of rotatable bonds is 5. The van der Waals surface area contributed by atoms with E-state index in [2.05, 4.69) is 94.9 Å². The van der Waals surface area contributed by atoms with E-state index in [9.17, 15) is 0 Å². The van der Waals surface area contributed by atoms with E-state index >= 15 is 0 Å². The van der Waals surface area contributed by atoms with E-state index in [1.165, 1.54) is 16.8 Å². The summed E-state index contributed by atoms with van der Waals surface area (Å²) < 4.78 is 2.26. The Labute approximate surface area is 206 Å². The van der Waals surface area contributed by atoms with Gasteiger partial charge in [0.25, 0.3) is 0 Å². The summed E-state index contributed by atoms with van der Waals surface area (Å²) in [5.41, 5.74) is 7.98. The molecule has 4 heterocycles. The van der Waals surface area contributed by atoms with Gasteiger partial charge in [0.05, 0.1) is 29.7 Å². The van der Waals surface area contributed by atoms with E-state index in [-0.39, 0.29) is 12.1 Å². The number of anilines is 1. The maximum absolute atomic E-state index is 5.91. The van der Waals surface area contributed by atoms with Gasteiger partial charge in [0.15, 0.2) is 5.11 Å². The fourth-order valence-electron chi connectivity index (χ4n) is 4.94. The van der Waals surface area contributed by atoms with Crippen LogP contribution in [0.4, 0.5) is 5.69 Å². The van der Waals surface area contributed by atoms with Crippen molar-refractivity contribution in [1.82, 2.24) is 19.9 Å². The number of hydrogen-bond donors (Lipinski definition) is 1. The van der Waals surface area contributed by atoms with Gasteiger partial charge in [-0.3, -0.25) is 9.97 Å². The molecule has 0 unspecified atom stereocenters. The summed E-state index contributed by atoms with van der Waals surface area (Å²) in [7, 11) is 0. The quantitative estimate of drug-likeness (QED) is 0.355. The Hall–Kier alpha value is -3.51. The third-order valence-corrected chi connectivity index (χ3v) is 6.94. The Morgan fingerprint density at radius 2 is 1.74 bits per heavy atom. The van der Waals surface area contributed by atoms with Crippen LogP contribution in [0.1, 0.15) is 60.1 Å². The predicted octanol–water partition coefficient (Wildman–Crippen LogP) is 6.18. The van der Waals surface area contributed by atoms with Crippen molar-refractivity contribution < 1.29 is 0 Å². The summed E-state index contributed by atoms with van der Waals surface area (Å²) in [5.74, 6) is 0.480. The van der Waals surface area contributed by atoms with E-state index in [0.717, 1.165) is 22.8 Å². The van der Waals surface area contributed by atoms with Crippen LogP contribution in [0.2, 0.25) is 0 Å². The molecule has 1 aromatic carbocycles. The van der Waals surface area contributed by atoms with Crippen LogP contribution in [0.3, 0.4) is 0 Å². The molecule has 5 rings (SSSR count). The summed E-state index contributed by atoms with van der Waals surface area (Å²) in [6.45, 7) is 8.74. The molecule has 34 heavy (non-hydrogen) atoms. The first-order chi connectivity index (χ1) is 16.5. The first-order valence-electron chi connectivity index (χ1n) is 11.7. The Morgan fingerprint density at radius 1 is 0.941 bits per heavy atom. The molecule has 6 heteroatoms. The number of nitrogens with one attached hydrogen (secondary N) is 1. The van der Waals surface area contributed by atoms with Gasteiger partial charge in [-0.15, -0.1) is 0 Å². The minimum Gasteiger partial charge on any atom is -0.351 e. The van der Waals surface area contributed by atoms with Gasteiger partial charge in [0, 0.05) is 29.5 Å². The molecule has 1 saturated heterocycles. The van der Waals surface area contributed by atoms with Gasteiger partial charge < -0.3 is 14.8 Å². The van der Waals surface area contributed by atoms with Gasteiger partial charge in [-0.25, -0.2) is 0 Å². The van der Waals surface area contributed by atoms with Crippen molar-refractivity contribution in [3.8, 4) is 5.69 Å². The molecule has 1 fully saturated rings. The highest BCUT2D eigenvalue weighted by Crippen LogP contribution is 2.43. The Bertz CT molecular complexity index is 1300. The van der Waals surface area contributed by atoms with Crippen molar-refractivity contribution in [3.63, 3.8) is 0 Å². The standard InChI is InChI=1S/C28H29N5S/c1-18(2)21-10-12-22(13-11-21)33-27(26(31-28(33)34)25-9-5-6-15-30-25)24-16-19(3)32(20(24)4)23-8-7-14-29-17-23/h5-18,26-27H,1-4H3,(H,31,34)/t26-,27-/m1/s1. The maximum Gasteiger partial charge on any atom is 0.174 e. The zero-order chi connectivity index (χ0) is 23.8. The molecule has 0 amide bonds. The summed E-state index contributed by atoms with van der Waals surface area (Å²) >= 11 is 5.91. The molecule has 5 nitrogen and oxygen atoms in total. The molecule has 4 aromatic rings. The van der Waals surface area contributed by atoms with Crippen molar-refractivity contribution >= 4 is 23.0 Å². The zero-order valence-corrected chi connectivity index (χ0v) is 20.8. The first kappa shape index (κ1) is 22.3. The van der Waals surface area contributed by atoms with Gasteiger partial charge >= 0.3 is 0 Å². The Kier molecular flexibility index (Phi) is 5.92. The number of aromatic nitrogens is 3. The fourth-order valence-corrected chi connectivity index (χ4v) is 5.29. The van der Waals surface area contributed by atoms with Crippen molar-refractivity contribution in [3.05, 3.63) is 107 Å². The topological polar surface area (TPSA) is 46.0 Å². The highest BCUT2D eigenvalue weighted by molar-refractivity contribution is 7.80. The Balaban J connectivity index is 1.65. The monoisotopic (exact) mass is 467 g/mol. The molecule has 1 aliphatic heterocycles. The number of thiocarbonyl (C=S) groups is 1. The van der Waals surface area contributed by atoms with Crippen molar-refractivity contribution in [1.29, 1.82) is 0 Å². The van der Waals surface area contributed by atoms with E-state index in [1.807, 2.05) is 30.6 Å². The highest BCUT2D eigenvalue weighted by atomic mass is 32.1. The molecule has 3 aromatic heterocycles. The van der Waals surface area contributed by atoms with E-state index < -0.39 is 0 Å². The van der Waals surface area contributed by atoms with Crippen LogP contribution >= 0.6 is 12.2 Å². The largest absolute Gasteiger partial charge is 0.351 e. The molecule has 172 valence electrons. The maximum atomic E-state index is 5.91. The number of benzene rings is 1. The minimum absolute atomic E-state index is 0.0380. The SMILES string of the molecule is Cc1cc([C@@H]2[C@@H](c3ccccn3)NC(=S)N2c2ccc(C(C)C)cc2)c(C)n1-c1cccnc1. The minimum atomic E-state index is -0.0682. The second-order valence-electron chi connectivity index (χ2n) is 9.12. The van der Waals surface area contributed by atoms with Gasteiger partial charge in [0.1, 0.15) is 0 Å². The third-order valence-electron chi connectivity index (χ3n) is 6.63. The molecule has 0 aliphatic carbocycles. The lowest BCUT2D eigenvalue weighted by atomic mass is 9.96. The van der Waals surface area contributed by atoms with Crippen LogP contribution in [-0.4, -0.2) is 19.6 Å². The molecular formula is C28H29N5S. The summed E-state index contributed by atoms with van der Waals surface area (Å²) in [6.07, 6.45) is 5.55. The molecule has 0 radical (unpaired) electrons. The van der Waals surface area contributed by atoms with Crippen LogP contribution in [-0.2, 0) is 0 Å². The average molecular weight is 468 g/mol. The lowest BCUT2D eigenvalue weighted by molar-refractivity contribution is 0.565. The van der Waals surface area contributed by atoms with E-state index in [0.29, 0.717) is 11.0 Å². The second-order valence-corrected chi connectivity index (χ2v) is 9.50. The number of aryl methyl sites for hydroxylation is 1. The van der Waals surface area contributed by atoms with E-state index in [4.69, 9.17) is 12.2 Å². The number of hydrogen-bond acceptors (Lipinski definition) is 3. The smallest absolute Gasteiger partial charge is 0.174 e. The number of nitrogens with zero attached hydrogens (tertiary/aromatic N) is 4. The van der Waals surface area contributed by atoms with Crippen LogP contribution in [0.25, 0.3) is 5.69 Å². The average Bonchev–Trinajstić information content (AvgIpc) is 3.35. The molecule has 0 bridgehead atoms. The number of pyridine rings is 2. The van der Waals surface area contributed by atoms with Gasteiger partial charge in [-0.2, -0.15) is 0 Å². The van der Waals surface area contributed by atoms with Crippen LogP contribution in [0.15, 0.2) is 79.3 Å². The van der Waals surface area contributed by atoms with Gasteiger partial charge in [-0.1, -0.05) is 32.0 Å². The zero-order valence-electron chi connectivity index (χ0n) is 19.9. The molecule has 1 aliphatic rings. The van der Waals surface area contributed by atoms with Crippen LogP contribution < -0.4 is 10.2 Å². The molecule has 2 atom stereocenters. The highest BCUT2D eigenvalue weighted by Gasteiger charge is 2.42. The van der Waals surface area contributed by atoms with E-state index in [1.54, 1.807) is 6.20 Å². The van der Waals surface area contributed by atoms with Gasteiger partial charge in [-0.05, 0) is 85.6 Å². The van der Waals surface area contributed by atoms with Crippen LogP contribution in [0.5, 0.6) is 0 Å². The normalized spacial score (nSPS) is 17.9. The third kappa shape index (κ3) is 3.88. The summed E-state index contributed by atoms with van der Waals surface area (Å²) in [4.78, 5) is 11.3. The second kappa shape index (κ2) is 9.03. The molecule has 1 N–H and O–H groups in total.